The molecule has 0 unspecified atom stereocenters. The van der Waals surface area contributed by atoms with E-state index in [-0.39, 0.29) is 5.56 Å². The van der Waals surface area contributed by atoms with Gasteiger partial charge in [-0.3, -0.25) is 4.79 Å². The van der Waals surface area contributed by atoms with Gasteiger partial charge in [-0.1, -0.05) is 11.6 Å². The van der Waals surface area contributed by atoms with Gasteiger partial charge in [0.1, 0.15) is 0 Å². The van der Waals surface area contributed by atoms with Gasteiger partial charge < -0.3 is 16.4 Å². The topological polar surface area (TPSA) is 110 Å². The number of benzene rings is 1. The average molecular weight is 333 g/mol. The van der Waals surface area contributed by atoms with Gasteiger partial charge >= 0.3 is 0 Å². The molecule has 1 aliphatic heterocycles. The van der Waals surface area contributed by atoms with E-state index in [1.165, 1.54) is 16.6 Å². The molecular formula is C12H17ClN4O3S. The van der Waals surface area contributed by atoms with Crippen molar-refractivity contribution in [3.05, 3.63) is 22.7 Å². The van der Waals surface area contributed by atoms with E-state index >= 15 is 0 Å². The van der Waals surface area contributed by atoms with E-state index in [0.29, 0.717) is 42.6 Å². The highest BCUT2D eigenvalue weighted by molar-refractivity contribution is 7.88. The second-order valence-electron chi connectivity index (χ2n) is 4.91. The zero-order chi connectivity index (χ0) is 15.8. The summed E-state index contributed by atoms with van der Waals surface area (Å²) in [6, 6.07) is 3.03. The van der Waals surface area contributed by atoms with E-state index in [4.69, 9.17) is 23.1 Å². The molecule has 0 aliphatic carbocycles. The van der Waals surface area contributed by atoms with E-state index < -0.39 is 15.9 Å². The number of piperazine rings is 1. The van der Waals surface area contributed by atoms with Crippen LogP contribution in [0.15, 0.2) is 12.1 Å². The number of hydrogen-bond donors (Lipinski definition) is 2. The van der Waals surface area contributed by atoms with Gasteiger partial charge in [0.15, 0.2) is 0 Å². The molecule has 0 saturated carbocycles. The van der Waals surface area contributed by atoms with Crippen LogP contribution in [0.1, 0.15) is 10.4 Å². The van der Waals surface area contributed by atoms with Crippen LogP contribution in [-0.4, -0.2) is 51.1 Å². The average Bonchev–Trinajstić information content (AvgIpc) is 2.37. The summed E-state index contributed by atoms with van der Waals surface area (Å²) in [6.07, 6.45) is 1.17. The predicted octanol–water partition coefficient (Wildman–Crippen LogP) is 0.103. The summed E-state index contributed by atoms with van der Waals surface area (Å²) in [5.41, 5.74) is 12.1. The van der Waals surface area contributed by atoms with Crippen molar-refractivity contribution in [3.63, 3.8) is 0 Å². The summed E-state index contributed by atoms with van der Waals surface area (Å²) in [5, 5.41) is 0.330. The van der Waals surface area contributed by atoms with Gasteiger partial charge in [-0.25, -0.2) is 8.42 Å². The lowest BCUT2D eigenvalue weighted by molar-refractivity contribution is 0.100. The summed E-state index contributed by atoms with van der Waals surface area (Å²) < 4.78 is 24.4. The zero-order valence-corrected chi connectivity index (χ0v) is 13.1. The van der Waals surface area contributed by atoms with Crippen molar-refractivity contribution in [2.75, 3.05) is 43.1 Å². The van der Waals surface area contributed by atoms with Crippen LogP contribution in [0, 0.1) is 0 Å². The van der Waals surface area contributed by atoms with Crippen molar-refractivity contribution in [2.24, 2.45) is 5.73 Å². The van der Waals surface area contributed by atoms with Crippen LogP contribution in [0.2, 0.25) is 5.02 Å². The molecule has 1 aromatic carbocycles. The highest BCUT2D eigenvalue weighted by Crippen LogP contribution is 2.33. The Morgan fingerprint density at radius 2 is 1.81 bits per heavy atom. The molecule has 1 saturated heterocycles. The molecule has 116 valence electrons. The molecule has 0 bridgehead atoms. The van der Waals surface area contributed by atoms with Gasteiger partial charge in [0, 0.05) is 31.9 Å². The van der Waals surface area contributed by atoms with E-state index in [2.05, 4.69) is 0 Å². The molecule has 1 aromatic rings. The molecule has 0 spiro atoms. The minimum absolute atomic E-state index is 0.243. The minimum atomic E-state index is -3.21. The Balaban J connectivity index is 2.30. The van der Waals surface area contributed by atoms with Crippen LogP contribution in [0.5, 0.6) is 0 Å². The van der Waals surface area contributed by atoms with E-state index in [0.717, 1.165) is 0 Å². The zero-order valence-electron chi connectivity index (χ0n) is 11.5. The molecule has 2 rings (SSSR count). The maximum atomic E-state index is 11.6. The molecule has 0 radical (unpaired) electrons. The highest BCUT2D eigenvalue weighted by atomic mass is 35.5. The molecule has 0 aromatic heterocycles. The first-order valence-electron chi connectivity index (χ1n) is 6.29. The van der Waals surface area contributed by atoms with Crippen molar-refractivity contribution in [3.8, 4) is 0 Å². The highest BCUT2D eigenvalue weighted by Gasteiger charge is 2.27. The quantitative estimate of drug-likeness (QED) is 0.763. The van der Waals surface area contributed by atoms with Crippen LogP contribution in [-0.2, 0) is 10.0 Å². The van der Waals surface area contributed by atoms with Gasteiger partial charge in [0.2, 0.25) is 10.0 Å². The Kier molecular flexibility index (Phi) is 4.31. The van der Waals surface area contributed by atoms with E-state index in [9.17, 15) is 13.2 Å². The number of nitrogen functional groups attached to an aromatic ring is 1. The standard InChI is InChI=1S/C12H17ClN4O3S/c1-21(19,20)17-4-2-16(3-5-17)11-9(12(15)18)6-8(14)7-10(11)13/h6-7H,2-5,14H2,1H3,(H2,15,18). The molecule has 0 atom stereocenters. The third-order valence-electron chi connectivity index (χ3n) is 3.38. The van der Waals surface area contributed by atoms with E-state index in [1.807, 2.05) is 4.90 Å². The number of nitrogens with zero attached hydrogens (tertiary/aromatic N) is 2. The number of carbonyl (C=O) groups is 1. The molecule has 1 fully saturated rings. The molecule has 1 heterocycles. The largest absolute Gasteiger partial charge is 0.399 e. The van der Waals surface area contributed by atoms with Gasteiger partial charge in [0.25, 0.3) is 5.91 Å². The smallest absolute Gasteiger partial charge is 0.250 e. The van der Waals surface area contributed by atoms with Crippen molar-refractivity contribution < 1.29 is 13.2 Å². The Morgan fingerprint density at radius 3 is 2.29 bits per heavy atom. The third kappa shape index (κ3) is 3.39. The van der Waals surface area contributed by atoms with Crippen molar-refractivity contribution in [2.45, 2.75) is 0 Å². The van der Waals surface area contributed by atoms with Gasteiger partial charge in [-0.05, 0) is 12.1 Å². The summed E-state index contributed by atoms with van der Waals surface area (Å²) in [6.45, 7) is 1.52. The maximum absolute atomic E-state index is 11.6. The SMILES string of the molecule is CS(=O)(=O)N1CCN(c2c(Cl)cc(N)cc2C(N)=O)CC1. The second-order valence-corrected chi connectivity index (χ2v) is 7.30. The number of primary amides is 1. The number of halogens is 1. The lowest BCUT2D eigenvalue weighted by Crippen LogP contribution is -2.48. The van der Waals surface area contributed by atoms with Crippen molar-refractivity contribution in [1.29, 1.82) is 0 Å². The van der Waals surface area contributed by atoms with Crippen LogP contribution >= 0.6 is 11.6 Å². The lowest BCUT2D eigenvalue weighted by atomic mass is 10.1. The summed E-state index contributed by atoms with van der Waals surface area (Å²) in [5.74, 6) is -0.621. The molecule has 21 heavy (non-hydrogen) atoms. The van der Waals surface area contributed by atoms with Crippen LogP contribution in [0.25, 0.3) is 0 Å². The Morgan fingerprint density at radius 1 is 1.24 bits per heavy atom. The van der Waals surface area contributed by atoms with Gasteiger partial charge in [-0.2, -0.15) is 4.31 Å². The normalized spacial score (nSPS) is 17.0. The fourth-order valence-electron chi connectivity index (χ4n) is 2.37. The Hall–Kier alpha value is -1.51. The second kappa shape index (κ2) is 5.70. The monoisotopic (exact) mass is 332 g/mol. The molecular weight excluding hydrogens is 316 g/mol. The fraction of sp³-hybridized carbons (Fsp3) is 0.417. The first-order valence-corrected chi connectivity index (χ1v) is 8.51. The number of rotatable bonds is 3. The van der Waals surface area contributed by atoms with Crippen molar-refractivity contribution >= 4 is 38.9 Å². The first-order chi connectivity index (χ1) is 9.70. The molecule has 9 heteroatoms. The molecule has 1 aliphatic rings. The predicted molar refractivity (Wildman–Crippen MR) is 83.0 cm³/mol. The third-order valence-corrected chi connectivity index (χ3v) is 4.97. The van der Waals surface area contributed by atoms with Crippen LogP contribution in [0.4, 0.5) is 11.4 Å². The Bertz CT molecular complexity index is 669. The number of amides is 1. The molecule has 4 N–H and O–H groups in total. The molecule has 1 amide bonds. The Labute approximate surface area is 128 Å². The summed E-state index contributed by atoms with van der Waals surface area (Å²) in [7, 11) is -3.21. The van der Waals surface area contributed by atoms with Crippen LogP contribution in [0.3, 0.4) is 0 Å². The first kappa shape index (κ1) is 15.9. The number of hydrogen-bond acceptors (Lipinski definition) is 5. The van der Waals surface area contributed by atoms with Crippen LogP contribution < -0.4 is 16.4 Å². The number of carbonyl (C=O) groups excluding carboxylic acids is 1. The minimum Gasteiger partial charge on any atom is -0.399 e. The number of sulfonamides is 1. The molecule has 7 nitrogen and oxygen atoms in total. The maximum Gasteiger partial charge on any atom is 0.250 e. The van der Waals surface area contributed by atoms with Gasteiger partial charge in [-0.15, -0.1) is 0 Å². The van der Waals surface area contributed by atoms with Gasteiger partial charge in [0.05, 0.1) is 22.5 Å². The number of nitrogens with two attached hydrogens (primary N) is 2. The van der Waals surface area contributed by atoms with Crippen molar-refractivity contribution in [1.82, 2.24) is 4.31 Å². The summed E-state index contributed by atoms with van der Waals surface area (Å²) >= 11 is 6.18. The van der Waals surface area contributed by atoms with E-state index in [1.54, 1.807) is 6.07 Å². The fourth-order valence-corrected chi connectivity index (χ4v) is 3.55. The lowest BCUT2D eigenvalue weighted by Gasteiger charge is -2.36. The number of anilines is 2. The summed E-state index contributed by atoms with van der Waals surface area (Å²) in [4.78, 5) is 13.4.